The molecule has 0 unspecified atom stereocenters. The van der Waals surface area contributed by atoms with Gasteiger partial charge in [-0.3, -0.25) is 27.6 Å². The van der Waals surface area contributed by atoms with Gasteiger partial charge in [0.25, 0.3) is 16.7 Å². The van der Waals surface area contributed by atoms with Gasteiger partial charge in [-0.25, -0.2) is 15.0 Å². The minimum absolute atomic E-state index is 0.0267. The lowest BCUT2D eigenvalue weighted by atomic mass is 9.99. The van der Waals surface area contributed by atoms with Crippen LogP contribution in [-0.2, 0) is 0 Å². The van der Waals surface area contributed by atoms with Gasteiger partial charge in [0.2, 0.25) is 0 Å². The number of anilines is 6. The normalized spacial score (nSPS) is 12.7. The average Bonchev–Trinajstić information content (AvgIpc) is 1.06. The Bertz CT molecular complexity index is 7190. The molecule has 0 amide bonds. The number of ether oxygens (including phenoxy) is 1. The zero-order valence-electron chi connectivity index (χ0n) is 55.0. The summed E-state index contributed by atoms with van der Waals surface area (Å²) in [5.74, 6) is 1.59. The largest absolute Gasteiger partial charge is 0.453 e. The highest BCUT2D eigenvalue weighted by molar-refractivity contribution is 7.99. The van der Waals surface area contributed by atoms with Crippen molar-refractivity contribution in [3.8, 4) is 17.2 Å². The molecule has 22 aromatic rings. The minimum atomic E-state index is -0.0493. The van der Waals surface area contributed by atoms with Gasteiger partial charge in [-0.15, -0.1) is 0 Å². The number of imidazole rings is 3. The smallest absolute Gasteiger partial charge is 0.264 e. The maximum absolute atomic E-state index is 13.8. The highest BCUT2D eigenvalue weighted by Gasteiger charge is 2.31. The Hall–Kier alpha value is -14.0. The second kappa shape index (κ2) is 22.0. The highest BCUT2D eigenvalue weighted by Crippen LogP contribution is 2.55. The molecule has 2 aliphatic heterocycles. The van der Waals surface area contributed by atoms with Gasteiger partial charge in [0.1, 0.15) is 16.9 Å². The second-order valence-electron chi connectivity index (χ2n) is 26.4. The SMILES string of the molecule is O=c1c2cccc3c(-n4c5ccccc5c5ccccc54)ccc(c32)c2nc3ccccc3n12.O=c1c2cccc3c(N4c5ccccc5Oc5ccccc54)ccc(c32)c2nc3ccccc3n12.O=c1c2cccc3c(N4c5ccccc5Sc5ccccc54)ccc(c32)c2nc3ccccc3n12. The third-order valence-corrected chi connectivity index (χ3v) is 22.1. The Labute approximate surface area is 593 Å². The van der Waals surface area contributed by atoms with Crippen LogP contribution in [0.5, 0.6) is 11.5 Å². The van der Waals surface area contributed by atoms with E-state index in [1.165, 1.54) is 20.6 Å². The van der Waals surface area contributed by atoms with Crippen LogP contribution >= 0.6 is 11.8 Å². The van der Waals surface area contributed by atoms with Crippen LogP contribution in [0.25, 0.3) is 142 Å². The Kier molecular flexibility index (Phi) is 12.3. The quantitative estimate of drug-likeness (QED) is 0.169. The molecule has 0 spiro atoms. The van der Waals surface area contributed by atoms with E-state index in [-0.39, 0.29) is 16.7 Å². The molecule has 0 bridgehead atoms. The Morgan fingerprint density at radius 2 is 0.548 bits per heavy atom. The summed E-state index contributed by atoms with van der Waals surface area (Å²) >= 11 is 1.79. The summed E-state index contributed by atoms with van der Waals surface area (Å²) < 4.78 is 13.8. The van der Waals surface area contributed by atoms with Gasteiger partial charge in [0, 0.05) is 85.2 Å². The maximum Gasteiger partial charge on any atom is 0.264 e. The van der Waals surface area contributed by atoms with E-state index >= 15 is 0 Å². The van der Waals surface area contributed by atoms with E-state index in [0.717, 1.165) is 144 Å². The lowest BCUT2D eigenvalue weighted by Crippen LogP contribution is -2.17. The number of fused-ring (bicyclic) bond motifs is 19. The van der Waals surface area contributed by atoms with Gasteiger partial charge in [-0.1, -0.05) is 169 Å². The Morgan fingerprint density at radius 3 is 0.971 bits per heavy atom. The van der Waals surface area contributed by atoms with Crippen LogP contribution in [0.1, 0.15) is 0 Å². The first-order chi connectivity index (χ1) is 51.4. The monoisotopic (exact) mass is 1350 g/mol. The van der Waals surface area contributed by atoms with Crippen molar-refractivity contribution in [1.29, 1.82) is 0 Å². The van der Waals surface area contributed by atoms with Crippen LogP contribution in [0.4, 0.5) is 34.1 Å². The van der Waals surface area contributed by atoms with Crippen molar-refractivity contribution in [1.82, 2.24) is 32.7 Å². The topological polar surface area (TPSA) is 124 Å². The van der Waals surface area contributed by atoms with Gasteiger partial charge < -0.3 is 19.1 Å². The number of pyridine rings is 3. The summed E-state index contributed by atoms with van der Waals surface area (Å²) in [4.78, 5) is 62.8. The van der Waals surface area contributed by atoms with E-state index < -0.39 is 0 Å². The summed E-state index contributed by atoms with van der Waals surface area (Å²) in [6.07, 6.45) is 0. The zero-order chi connectivity index (χ0) is 68.6. The van der Waals surface area contributed by atoms with Crippen LogP contribution in [0.15, 0.2) is 334 Å². The van der Waals surface area contributed by atoms with Crippen LogP contribution in [0.2, 0.25) is 0 Å². The molecule has 0 saturated carbocycles. The molecule has 0 atom stereocenters. The van der Waals surface area contributed by atoms with Crippen molar-refractivity contribution in [2.75, 3.05) is 9.80 Å². The summed E-state index contributed by atoms with van der Waals surface area (Å²) in [6.45, 7) is 0. The fourth-order valence-corrected chi connectivity index (χ4v) is 17.6. The predicted octanol–water partition coefficient (Wildman–Crippen LogP) is 21.4. The number of aromatic nitrogens is 7. The number of rotatable bonds is 3. The molecule has 14 heteroatoms. The lowest BCUT2D eigenvalue weighted by Gasteiger charge is -2.33. The van der Waals surface area contributed by atoms with Crippen molar-refractivity contribution >= 4 is 182 Å². The zero-order valence-corrected chi connectivity index (χ0v) is 55.8. The van der Waals surface area contributed by atoms with Crippen molar-refractivity contribution in [3.05, 3.63) is 340 Å². The number of para-hydroxylation sites is 14. The van der Waals surface area contributed by atoms with Crippen molar-refractivity contribution in [2.24, 2.45) is 0 Å². The molecule has 15 aromatic carbocycles. The highest BCUT2D eigenvalue weighted by atomic mass is 32.2. The van der Waals surface area contributed by atoms with E-state index in [4.69, 9.17) is 19.7 Å². The molecule has 104 heavy (non-hydrogen) atoms. The fraction of sp³-hybridized carbons (Fsp3) is 0. The van der Waals surface area contributed by atoms with Crippen molar-refractivity contribution in [3.63, 3.8) is 0 Å². The van der Waals surface area contributed by atoms with Gasteiger partial charge >= 0.3 is 0 Å². The number of hydrogen-bond acceptors (Lipinski definition) is 10. The van der Waals surface area contributed by atoms with Crippen molar-refractivity contribution in [2.45, 2.75) is 9.79 Å². The Morgan fingerprint density at radius 1 is 0.240 bits per heavy atom. The summed E-state index contributed by atoms with van der Waals surface area (Å²) in [7, 11) is 0. The molecule has 24 rings (SSSR count). The first-order valence-electron chi connectivity index (χ1n) is 34.5. The Balaban J connectivity index is 0.0000000980. The van der Waals surface area contributed by atoms with E-state index in [2.05, 4.69) is 178 Å². The molecule has 0 fully saturated rings. The maximum atomic E-state index is 13.8. The number of benzene rings is 15. The van der Waals surface area contributed by atoms with E-state index in [1.54, 1.807) is 25.0 Å². The van der Waals surface area contributed by atoms with Crippen molar-refractivity contribution < 1.29 is 4.74 Å². The van der Waals surface area contributed by atoms with Crippen LogP contribution in [0, 0.1) is 0 Å². The summed E-state index contributed by atoms with van der Waals surface area (Å²) in [5, 5.41) is 13.4. The first kappa shape index (κ1) is 57.9. The predicted molar refractivity (Wildman–Crippen MR) is 423 cm³/mol. The molecule has 0 N–H and O–H groups in total. The third-order valence-electron chi connectivity index (χ3n) is 20.9. The molecule has 486 valence electrons. The molecule has 0 saturated heterocycles. The molecule has 0 aliphatic carbocycles. The van der Waals surface area contributed by atoms with Gasteiger partial charge in [-0.05, 0) is 152 Å². The van der Waals surface area contributed by atoms with Crippen LogP contribution < -0.4 is 31.2 Å². The molecule has 0 radical (unpaired) electrons. The molecule has 9 heterocycles. The third kappa shape index (κ3) is 8.15. The van der Waals surface area contributed by atoms with Crippen LogP contribution in [0.3, 0.4) is 0 Å². The standard InChI is InChI=1S/C30H17N3O2.C30H17N3OS.C30H17N3O/c2*34-30-20-9-7-8-18-22(32-24-12-3-5-14-26(24)35-27-15-6-4-13-25(27)32)17-16-19(28(18)20)29-31-21-10-1-2-11-23(21)33(29)30;34-30-22-11-7-10-20-26(32-24-13-4-1-8-18(24)19-9-2-5-14-25(19)32)17-16-21(28(20)22)29-31-23-12-3-6-15-27(23)33(29)30/h2*1-17H;1-17H. The number of nitrogens with zero attached hydrogens (tertiary/aromatic N) is 9. The number of hydrogen-bond donors (Lipinski definition) is 0. The minimum Gasteiger partial charge on any atom is -0.453 e. The second-order valence-corrected chi connectivity index (χ2v) is 27.5. The van der Waals surface area contributed by atoms with E-state index in [9.17, 15) is 14.4 Å². The molecule has 13 nitrogen and oxygen atoms in total. The van der Waals surface area contributed by atoms with E-state index in [0.29, 0.717) is 33.1 Å². The lowest BCUT2D eigenvalue weighted by molar-refractivity contribution is 0.477. The van der Waals surface area contributed by atoms with Gasteiger partial charge in [0.15, 0.2) is 11.5 Å². The molecule has 2 aliphatic rings. The van der Waals surface area contributed by atoms with Gasteiger partial charge in [0.05, 0.1) is 83.9 Å². The fourth-order valence-electron chi connectivity index (χ4n) is 16.6. The average molecular weight is 1350 g/mol. The molecule has 7 aromatic heterocycles. The first-order valence-corrected chi connectivity index (χ1v) is 35.3. The van der Waals surface area contributed by atoms with Crippen LogP contribution in [-0.4, -0.2) is 32.7 Å². The van der Waals surface area contributed by atoms with Gasteiger partial charge in [-0.2, -0.15) is 0 Å². The van der Waals surface area contributed by atoms with E-state index in [1.807, 2.05) is 146 Å². The molecular weight excluding hydrogens is 1300 g/mol. The summed E-state index contributed by atoms with van der Waals surface area (Å²) in [6, 6.07) is 104. The summed E-state index contributed by atoms with van der Waals surface area (Å²) in [5.41, 5.74) is 16.6. The molecular formula is C90H51N9O4S.